The van der Waals surface area contributed by atoms with Gasteiger partial charge in [-0.05, 0) is 59.9 Å². The number of hydrogen-bond donors (Lipinski definition) is 0. The Labute approximate surface area is 146 Å². The zero-order valence-corrected chi connectivity index (χ0v) is 14.6. The van der Waals surface area contributed by atoms with E-state index >= 15 is 0 Å². The summed E-state index contributed by atoms with van der Waals surface area (Å²) >= 11 is 0.489. The molecule has 0 heterocycles. The molecular formula is C21H19O2S+. The molecule has 3 heteroatoms. The largest absolute Gasteiger partial charge is 0.505 e. The minimum Gasteiger partial charge on any atom is -0.489 e. The fraction of sp³-hybridized carbons (Fsp3) is 0.143. The van der Waals surface area contributed by atoms with Gasteiger partial charge in [-0.25, -0.2) is 0 Å². The summed E-state index contributed by atoms with van der Waals surface area (Å²) in [5.74, 6) is 0.769. The molecule has 0 aliphatic carbocycles. The van der Waals surface area contributed by atoms with Crippen LogP contribution in [0.2, 0.25) is 0 Å². The molecule has 0 N–H and O–H groups in total. The van der Waals surface area contributed by atoms with Crippen LogP contribution in [-0.2, 0) is 22.5 Å². The predicted octanol–water partition coefficient (Wildman–Crippen LogP) is 5.34. The van der Waals surface area contributed by atoms with Gasteiger partial charge < -0.3 is 4.74 Å². The van der Waals surface area contributed by atoms with Gasteiger partial charge >= 0.3 is 11.7 Å². The first-order valence-electron chi connectivity index (χ1n) is 7.85. The van der Waals surface area contributed by atoms with Gasteiger partial charge in [0.25, 0.3) is 4.90 Å². The van der Waals surface area contributed by atoms with Crippen molar-refractivity contribution in [1.82, 2.24) is 0 Å². The van der Waals surface area contributed by atoms with Gasteiger partial charge in [-0.3, -0.25) is 0 Å². The Morgan fingerprint density at radius 1 is 0.875 bits per heavy atom. The molecule has 0 fully saturated rings. The van der Waals surface area contributed by atoms with Gasteiger partial charge in [0, 0.05) is 16.3 Å². The van der Waals surface area contributed by atoms with Gasteiger partial charge in [0.2, 0.25) is 0 Å². The molecule has 2 nitrogen and oxygen atoms in total. The molecule has 0 amide bonds. The van der Waals surface area contributed by atoms with E-state index < -0.39 is 0 Å². The second kappa shape index (κ2) is 7.37. The third-order valence-electron chi connectivity index (χ3n) is 4.02. The molecule has 3 aromatic carbocycles. The normalized spacial score (nSPS) is 10.4. The highest BCUT2D eigenvalue weighted by Gasteiger charge is 2.07. The van der Waals surface area contributed by atoms with E-state index in [1.807, 2.05) is 12.1 Å². The standard InChI is InChI=1S/C21H19O2S/c1-15-5-3-6-16(2)21(15)18-8-4-7-17(13-18)14-23-19-9-11-20(24-22)12-10-19/h3-13H,14H2,1-2H3/q+1. The number of aryl methyl sites for hydroxylation is 2. The summed E-state index contributed by atoms with van der Waals surface area (Å²) < 4.78 is 16.6. The minimum atomic E-state index is 0.489. The van der Waals surface area contributed by atoms with Gasteiger partial charge in [0.1, 0.15) is 12.4 Å². The van der Waals surface area contributed by atoms with Gasteiger partial charge in [-0.15, -0.1) is 0 Å². The average molecular weight is 335 g/mol. The van der Waals surface area contributed by atoms with E-state index in [-0.39, 0.29) is 0 Å². The fourth-order valence-electron chi connectivity index (χ4n) is 2.84. The van der Waals surface area contributed by atoms with Gasteiger partial charge in [-0.2, -0.15) is 0 Å². The quantitative estimate of drug-likeness (QED) is 0.589. The van der Waals surface area contributed by atoms with E-state index in [1.165, 1.54) is 22.3 Å². The summed E-state index contributed by atoms with van der Waals surface area (Å²) in [5.41, 5.74) is 6.18. The van der Waals surface area contributed by atoms with Crippen LogP contribution in [0, 0.1) is 13.8 Å². The Kier molecular flexibility index (Phi) is 5.02. The highest BCUT2D eigenvalue weighted by molar-refractivity contribution is 7.65. The van der Waals surface area contributed by atoms with Crippen LogP contribution in [0.4, 0.5) is 0 Å². The molecule has 120 valence electrons. The summed E-state index contributed by atoms with van der Waals surface area (Å²) in [4.78, 5) is 0.694. The molecule has 3 rings (SSSR count). The Morgan fingerprint density at radius 3 is 2.21 bits per heavy atom. The SMILES string of the molecule is Cc1cccc(C)c1-c1cccc(COc2ccc([S+]=O)cc2)c1. The average Bonchev–Trinajstić information content (AvgIpc) is 2.61. The lowest BCUT2D eigenvalue weighted by Crippen LogP contribution is -1.96. The van der Waals surface area contributed by atoms with Gasteiger partial charge in [0.15, 0.2) is 0 Å². The molecule has 0 atom stereocenters. The van der Waals surface area contributed by atoms with Crippen molar-refractivity contribution in [2.75, 3.05) is 0 Å². The number of rotatable bonds is 5. The number of hydrogen-bond acceptors (Lipinski definition) is 2. The first-order chi connectivity index (χ1) is 11.7. The van der Waals surface area contributed by atoms with E-state index in [1.54, 1.807) is 12.1 Å². The maximum absolute atomic E-state index is 10.7. The molecule has 0 spiro atoms. The van der Waals surface area contributed by atoms with Crippen LogP contribution in [0.15, 0.2) is 71.6 Å². The number of benzene rings is 3. The Hall–Kier alpha value is -2.52. The molecule has 0 saturated carbocycles. The van der Waals surface area contributed by atoms with Crippen molar-refractivity contribution in [3.8, 4) is 16.9 Å². The molecule has 24 heavy (non-hydrogen) atoms. The molecular weight excluding hydrogens is 316 g/mol. The lowest BCUT2D eigenvalue weighted by atomic mass is 9.95. The minimum absolute atomic E-state index is 0.489. The second-order valence-corrected chi connectivity index (χ2v) is 6.45. The Morgan fingerprint density at radius 2 is 1.54 bits per heavy atom. The Balaban J connectivity index is 1.79. The van der Waals surface area contributed by atoms with Crippen molar-refractivity contribution in [2.24, 2.45) is 0 Å². The first kappa shape index (κ1) is 16.3. The van der Waals surface area contributed by atoms with Crippen molar-refractivity contribution in [3.63, 3.8) is 0 Å². The highest BCUT2D eigenvalue weighted by atomic mass is 32.1. The first-order valence-corrected chi connectivity index (χ1v) is 8.60. The summed E-state index contributed by atoms with van der Waals surface area (Å²) in [6.45, 7) is 4.78. The molecule has 0 aromatic heterocycles. The van der Waals surface area contributed by atoms with Crippen molar-refractivity contribution in [2.45, 2.75) is 25.3 Å². The van der Waals surface area contributed by atoms with E-state index in [4.69, 9.17) is 4.74 Å². The van der Waals surface area contributed by atoms with Crippen LogP contribution in [0.5, 0.6) is 5.75 Å². The number of ether oxygens (including phenoxy) is 1. The van der Waals surface area contributed by atoms with E-state index in [0.29, 0.717) is 23.2 Å². The van der Waals surface area contributed by atoms with Gasteiger partial charge in [-0.1, -0.05) is 36.4 Å². The van der Waals surface area contributed by atoms with E-state index in [0.717, 1.165) is 11.3 Å². The maximum Gasteiger partial charge on any atom is 0.505 e. The summed E-state index contributed by atoms with van der Waals surface area (Å²) in [6, 6.07) is 22.0. The van der Waals surface area contributed by atoms with E-state index in [2.05, 4.69) is 56.3 Å². The van der Waals surface area contributed by atoms with Crippen molar-refractivity contribution in [3.05, 3.63) is 83.4 Å². The fourth-order valence-corrected chi connectivity index (χ4v) is 3.09. The van der Waals surface area contributed by atoms with Crippen LogP contribution in [0.3, 0.4) is 0 Å². The molecule has 0 radical (unpaired) electrons. The zero-order chi connectivity index (χ0) is 16.9. The summed E-state index contributed by atoms with van der Waals surface area (Å²) in [6.07, 6.45) is 0. The third-order valence-corrected chi connectivity index (χ3v) is 4.49. The lowest BCUT2D eigenvalue weighted by molar-refractivity contribution is 0.306. The van der Waals surface area contributed by atoms with Crippen LogP contribution in [0.25, 0.3) is 11.1 Å². The maximum atomic E-state index is 10.7. The van der Waals surface area contributed by atoms with Crippen molar-refractivity contribution < 1.29 is 8.95 Å². The highest BCUT2D eigenvalue weighted by Crippen LogP contribution is 2.28. The molecule has 3 aromatic rings. The van der Waals surface area contributed by atoms with Crippen LogP contribution < -0.4 is 4.74 Å². The molecule has 0 aliphatic rings. The monoisotopic (exact) mass is 335 g/mol. The predicted molar refractivity (Wildman–Crippen MR) is 98.4 cm³/mol. The van der Waals surface area contributed by atoms with Crippen LogP contribution in [-0.4, -0.2) is 0 Å². The molecule has 0 aliphatic heterocycles. The van der Waals surface area contributed by atoms with Crippen LogP contribution in [0.1, 0.15) is 16.7 Å². The second-order valence-electron chi connectivity index (χ2n) is 5.81. The summed E-state index contributed by atoms with van der Waals surface area (Å²) in [7, 11) is 0. The lowest BCUT2D eigenvalue weighted by Gasteiger charge is -2.12. The molecule has 0 saturated heterocycles. The molecule has 0 unspecified atom stereocenters. The summed E-state index contributed by atoms with van der Waals surface area (Å²) in [5, 5.41) is 0. The van der Waals surface area contributed by atoms with Crippen molar-refractivity contribution in [1.29, 1.82) is 0 Å². The van der Waals surface area contributed by atoms with Crippen molar-refractivity contribution >= 4 is 11.7 Å². The smallest absolute Gasteiger partial charge is 0.489 e. The van der Waals surface area contributed by atoms with Crippen LogP contribution >= 0.6 is 0 Å². The zero-order valence-electron chi connectivity index (χ0n) is 13.8. The molecule has 0 bridgehead atoms. The Bertz CT molecular complexity index is 834. The topological polar surface area (TPSA) is 26.3 Å². The van der Waals surface area contributed by atoms with E-state index in [9.17, 15) is 4.21 Å². The third kappa shape index (κ3) is 3.69. The van der Waals surface area contributed by atoms with Gasteiger partial charge in [0.05, 0.1) is 0 Å².